The summed E-state index contributed by atoms with van der Waals surface area (Å²) in [5.41, 5.74) is 7.74. The highest BCUT2D eigenvalue weighted by Gasteiger charge is 2.16. The minimum Gasteiger partial charge on any atom is -0.475 e. The summed E-state index contributed by atoms with van der Waals surface area (Å²) in [5, 5.41) is 10.7. The Bertz CT molecular complexity index is 723. The van der Waals surface area contributed by atoms with Crippen LogP contribution in [0, 0.1) is 0 Å². The number of carbonyl (C=O) groups excluding carboxylic acids is 1. The highest BCUT2D eigenvalue weighted by Crippen LogP contribution is 2.30. The molecule has 0 spiro atoms. The number of aliphatic carboxylic acids is 1. The number of benzene rings is 2. The molecule has 0 aromatic heterocycles. The smallest absolute Gasteiger partial charge is 0.377 e. The molecule has 3 rings (SSSR count). The molecule has 0 saturated heterocycles. The van der Waals surface area contributed by atoms with Gasteiger partial charge in [-0.3, -0.25) is 4.79 Å². The third-order valence-electron chi connectivity index (χ3n) is 3.63. The molecule has 0 unspecified atom stereocenters. The van der Waals surface area contributed by atoms with E-state index in [2.05, 4.69) is 17.6 Å². The fourth-order valence-electron chi connectivity index (χ4n) is 2.43. The monoisotopic (exact) mass is 282 g/mol. The van der Waals surface area contributed by atoms with E-state index in [1.165, 1.54) is 5.56 Å². The van der Waals surface area contributed by atoms with E-state index < -0.39 is 11.8 Å². The van der Waals surface area contributed by atoms with Crippen LogP contribution in [0.15, 0.2) is 42.5 Å². The van der Waals surface area contributed by atoms with Crippen molar-refractivity contribution in [1.82, 2.24) is 5.43 Å². The average molecular weight is 282 g/mol. The lowest BCUT2D eigenvalue weighted by Gasteiger charge is -2.13. The summed E-state index contributed by atoms with van der Waals surface area (Å²) in [6, 6.07) is 12.8. The fraction of sp³-hybridized carbons (Fsp3) is 0.125. The fourth-order valence-corrected chi connectivity index (χ4v) is 2.43. The van der Waals surface area contributed by atoms with E-state index in [1.54, 1.807) is 24.3 Å². The predicted molar refractivity (Wildman–Crippen MR) is 79.1 cm³/mol. The predicted octanol–water partition coefficient (Wildman–Crippen LogP) is 2.08. The molecule has 5 nitrogen and oxygen atoms in total. The first-order valence-electron chi connectivity index (χ1n) is 6.54. The van der Waals surface area contributed by atoms with Gasteiger partial charge in [-0.25, -0.2) is 10.2 Å². The lowest BCUT2D eigenvalue weighted by molar-refractivity contribution is -0.131. The van der Waals surface area contributed by atoms with E-state index in [4.69, 9.17) is 5.11 Å². The van der Waals surface area contributed by atoms with Gasteiger partial charge in [-0.15, -0.1) is 0 Å². The first-order chi connectivity index (χ1) is 10.1. The van der Waals surface area contributed by atoms with E-state index in [-0.39, 0.29) is 5.56 Å². The number of hydrazine groups is 1. The molecule has 1 aliphatic rings. The Kier molecular flexibility index (Phi) is 3.19. The molecule has 0 fully saturated rings. The molecular weight excluding hydrogens is 268 g/mol. The zero-order valence-corrected chi connectivity index (χ0v) is 11.5. The number of carbonyl (C=O) groups is 2. The van der Waals surface area contributed by atoms with Gasteiger partial charge in [0.2, 0.25) is 0 Å². The number of anilines is 1. The van der Waals surface area contributed by atoms with Crippen LogP contribution < -0.4 is 10.4 Å². The van der Waals surface area contributed by atoms with Gasteiger partial charge in [0.05, 0.1) is 5.69 Å². The lowest BCUT2D eigenvalue weighted by Crippen LogP contribution is -2.26. The second-order valence-corrected chi connectivity index (χ2v) is 4.95. The number of carboxylic acids is 1. The van der Waals surface area contributed by atoms with Gasteiger partial charge in [-0.05, 0) is 22.8 Å². The lowest BCUT2D eigenvalue weighted by atomic mass is 10.0. The van der Waals surface area contributed by atoms with Crippen molar-refractivity contribution >= 4 is 17.4 Å². The molecular formula is C16H14N2O3. The molecule has 106 valence electrons. The number of nitrogens with zero attached hydrogens (tertiary/aromatic N) is 1. The summed E-state index contributed by atoms with van der Waals surface area (Å²) in [7, 11) is 1.96. The minimum absolute atomic E-state index is 0.186. The van der Waals surface area contributed by atoms with E-state index in [0.29, 0.717) is 0 Å². The van der Waals surface area contributed by atoms with Crippen molar-refractivity contribution in [2.75, 3.05) is 12.1 Å². The van der Waals surface area contributed by atoms with Gasteiger partial charge in [0.25, 0.3) is 5.78 Å². The van der Waals surface area contributed by atoms with Crippen molar-refractivity contribution < 1.29 is 14.7 Å². The first-order valence-corrected chi connectivity index (χ1v) is 6.54. The molecule has 21 heavy (non-hydrogen) atoms. The number of carboxylic acid groups (broad SMARTS) is 1. The van der Waals surface area contributed by atoms with Crippen LogP contribution in [0.3, 0.4) is 0 Å². The van der Waals surface area contributed by atoms with Gasteiger partial charge in [0, 0.05) is 19.2 Å². The largest absolute Gasteiger partial charge is 0.475 e. The quantitative estimate of drug-likeness (QED) is 0.666. The van der Waals surface area contributed by atoms with Gasteiger partial charge >= 0.3 is 5.97 Å². The maximum atomic E-state index is 11.4. The Morgan fingerprint density at radius 1 is 1.10 bits per heavy atom. The van der Waals surface area contributed by atoms with Crippen LogP contribution in [0.1, 0.15) is 15.9 Å². The minimum atomic E-state index is -1.44. The summed E-state index contributed by atoms with van der Waals surface area (Å²) in [4.78, 5) is 22.0. The molecule has 0 radical (unpaired) electrons. The van der Waals surface area contributed by atoms with Crippen molar-refractivity contribution in [2.24, 2.45) is 0 Å². The molecule has 0 saturated carbocycles. The van der Waals surface area contributed by atoms with Gasteiger partial charge in [0.15, 0.2) is 0 Å². The number of nitrogens with one attached hydrogen (secondary N) is 1. The Morgan fingerprint density at radius 2 is 1.76 bits per heavy atom. The molecule has 0 bridgehead atoms. The molecule has 0 amide bonds. The molecule has 2 N–H and O–H groups in total. The van der Waals surface area contributed by atoms with Crippen molar-refractivity contribution in [1.29, 1.82) is 0 Å². The molecule has 1 heterocycles. The van der Waals surface area contributed by atoms with E-state index >= 15 is 0 Å². The Labute approximate surface area is 121 Å². The van der Waals surface area contributed by atoms with Crippen LogP contribution in [0.4, 0.5) is 5.69 Å². The van der Waals surface area contributed by atoms with E-state index in [0.717, 1.165) is 23.4 Å². The zero-order chi connectivity index (χ0) is 15.0. The SMILES string of the molecule is CN1NCc2ccc(-c3ccc(C(=O)C(=O)O)cc3)cc21. The average Bonchev–Trinajstić information content (AvgIpc) is 2.87. The van der Waals surface area contributed by atoms with Crippen molar-refractivity contribution in [3.63, 3.8) is 0 Å². The van der Waals surface area contributed by atoms with E-state index in [1.807, 2.05) is 18.1 Å². The van der Waals surface area contributed by atoms with Crippen LogP contribution in [-0.2, 0) is 11.3 Å². The molecule has 1 aliphatic heterocycles. The number of hydrogen-bond donors (Lipinski definition) is 2. The first kappa shape index (κ1) is 13.3. The summed E-state index contributed by atoms with van der Waals surface area (Å²) in [5.74, 6) is -2.33. The zero-order valence-electron chi connectivity index (χ0n) is 11.5. The number of hydrogen-bond acceptors (Lipinski definition) is 4. The second kappa shape index (κ2) is 5.03. The van der Waals surface area contributed by atoms with E-state index in [9.17, 15) is 9.59 Å². The van der Waals surface area contributed by atoms with Crippen LogP contribution >= 0.6 is 0 Å². The third kappa shape index (κ3) is 2.39. The number of ketones is 1. The Morgan fingerprint density at radius 3 is 2.43 bits per heavy atom. The molecule has 2 aromatic rings. The summed E-state index contributed by atoms with van der Waals surface area (Å²) in [6.45, 7) is 0.818. The Hall–Kier alpha value is -2.66. The van der Waals surface area contributed by atoms with Gasteiger partial charge in [-0.2, -0.15) is 0 Å². The van der Waals surface area contributed by atoms with Crippen molar-refractivity contribution in [2.45, 2.75) is 6.54 Å². The summed E-state index contributed by atoms with van der Waals surface area (Å²) in [6.07, 6.45) is 0. The number of Topliss-reactive ketones (excluding diaryl/α,β-unsaturated/α-hetero) is 1. The van der Waals surface area contributed by atoms with Gasteiger partial charge in [-0.1, -0.05) is 36.4 Å². The standard InChI is InChI=1S/C16H14N2O3/c1-18-14-8-12(6-7-13(14)9-17-18)10-2-4-11(5-3-10)15(19)16(20)21/h2-8,17H,9H2,1H3,(H,20,21). The van der Waals surface area contributed by atoms with Crippen LogP contribution in [0.5, 0.6) is 0 Å². The van der Waals surface area contributed by atoms with Crippen LogP contribution in [0.2, 0.25) is 0 Å². The maximum absolute atomic E-state index is 11.4. The highest BCUT2D eigenvalue weighted by molar-refractivity contribution is 6.39. The van der Waals surface area contributed by atoms with Crippen molar-refractivity contribution in [3.8, 4) is 11.1 Å². The normalized spacial score (nSPS) is 13.1. The van der Waals surface area contributed by atoms with Gasteiger partial charge in [0.1, 0.15) is 0 Å². The van der Waals surface area contributed by atoms with Gasteiger partial charge < -0.3 is 10.1 Å². The third-order valence-corrected chi connectivity index (χ3v) is 3.63. The Balaban J connectivity index is 1.93. The molecule has 2 aromatic carbocycles. The maximum Gasteiger partial charge on any atom is 0.377 e. The number of fused-ring (bicyclic) bond motifs is 1. The summed E-state index contributed by atoms with van der Waals surface area (Å²) >= 11 is 0. The van der Waals surface area contributed by atoms with Crippen LogP contribution in [0.25, 0.3) is 11.1 Å². The molecule has 0 aliphatic carbocycles. The molecule has 5 heteroatoms. The van der Waals surface area contributed by atoms with Crippen molar-refractivity contribution in [3.05, 3.63) is 53.6 Å². The highest BCUT2D eigenvalue weighted by atomic mass is 16.4. The topological polar surface area (TPSA) is 69.6 Å². The molecule has 0 atom stereocenters. The summed E-state index contributed by atoms with van der Waals surface area (Å²) < 4.78 is 0. The second-order valence-electron chi connectivity index (χ2n) is 4.95. The van der Waals surface area contributed by atoms with Crippen LogP contribution in [-0.4, -0.2) is 23.9 Å². The number of rotatable bonds is 3.